The first-order valence-corrected chi connectivity index (χ1v) is 9.02. The minimum atomic E-state index is -0.355. The van der Waals surface area contributed by atoms with E-state index < -0.39 is 0 Å². The molecular weight excluding hydrogens is 304 g/mol. The quantitative estimate of drug-likeness (QED) is 0.421. The Balaban J connectivity index is 2.37. The Morgan fingerprint density at radius 1 is 0.875 bits per heavy atom. The summed E-state index contributed by atoms with van der Waals surface area (Å²) < 4.78 is 10.5. The summed E-state index contributed by atoms with van der Waals surface area (Å²) in [6.07, 6.45) is 6.56. The van der Waals surface area contributed by atoms with Crippen molar-refractivity contribution in [2.45, 2.75) is 59.3 Å². The van der Waals surface area contributed by atoms with E-state index >= 15 is 0 Å². The maximum absolute atomic E-state index is 11.9. The van der Waals surface area contributed by atoms with Crippen LogP contribution in [0.1, 0.15) is 80.0 Å². The molecule has 0 bridgehead atoms. The topological polar surface area (TPSA) is 52.6 Å². The lowest BCUT2D eigenvalue weighted by Gasteiger charge is -2.10. The molecule has 1 rings (SSSR count). The maximum atomic E-state index is 11.9. The summed E-state index contributed by atoms with van der Waals surface area (Å²) in [6.45, 7) is 7.12. The van der Waals surface area contributed by atoms with E-state index in [1.54, 1.807) is 24.3 Å². The predicted octanol–water partition coefficient (Wildman–Crippen LogP) is 5.02. The van der Waals surface area contributed by atoms with Crippen LogP contribution < -0.4 is 0 Å². The third kappa shape index (κ3) is 7.62. The second kappa shape index (κ2) is 11.7. The fourth-order valence-corrected chi connectivity index (χ4v) is 2.12. The van der Waals surface area contributed by atoms with Crippen molar-refractivity contribution in [2.24, 2.45) is 5.92 Å². The zero-order valence-corrected chi connectivity index (χ0v) is 15.2. The van der Waals surface area contributed by atoms with Crippen molar-refractivity contribution in [3.05, 3.63) is 35.4 Å². The predicted molar refractivity (Wildman–Crippen MR) is 95.2 cm³/mol. The van der Waals surface area contributed by atoms with Crippen LogP contribution in [-0.4, -0.2) is 25.2 Å². The first-order valence-electron chi connectivity index (χ1n) is 9.02. The van der Waals surface area contributed by atoms with Crippen molar-refractivity contribution in [2.75, 3.05) is 13.2 Å². The SMILES string of the molecule is CCCCCCCOC(=O)c1ccc(C(=O)OCC(C)CC)cc1. The average Bonchev–Trinajstić information content (AvgIpc) is 2.62. The molecule has 0 amide bonds. The van der Waals surface area contributed by atoms with E-state index in [1.165, 1.54) is 19.3 Å². The Labute approximate surface area is 145 Å². The van der Waals surface area contributed by atoms with Gasteiger partial charge in [0.25, 0.3) is 0 Å². The molecule has 0 spiro atoms. The number of benzene rings is 1. The summed E-state index contributed by atoms with van der Waals surface area (Å²) in [4.78, 5) is 23.8. The second-order valence-corrected chi connectivity index (χ2v) is 6.24. The summed E-state index contributed by atoms with van der Waals surface area (Å²) in [5.41, 5.74) is 0.913. The summed E-state index contributed by atoms with van der Waals surface area (Å²) in [5, 5.41) is 0. The van der Waals surface area contributed by atoms with Gasteiger partial charge in [0.15, 0.2) is 0 Å². The normalized spacial score (nSPS) is 11.8. The Kier molecular flexibility index (Phi) is 9.81. The van der Waals surface area contributed by atoms with Gasteiger partial charge in [-0.25, -0.2) is 9.59 Å². The molecule has 4 nitrogen and oxygen atoms in total. The number of unbranched alkanes of at least 4 members (excludes halogenated alkanes) is 4. The zero-order chi connectivity index (χ0) is 17.8. The van der Waals surface area contributed by atoms with E-state index in [-0.39, 0.29) is 11.9 Å². The third-order valence-electron chi connectivity index (χ3n) is 4.03. The average molecular weight is 334 g/mol. The first-order chi connectivity index (χ1) is 11.6. The Morgan fingerprint density at radius 3 is 1.96 bits per heavy atom. The molecule has 1 atom stereocenters. The molecule has 0 aliphatic rings. The lowest BCUT2D eigenvalue weighted by molar-refractivity contribution is 0.0443. The standard InChI is InChI=1S/C20H30O4/c1-4-6-7-8-9-14-23-19(21)17-10-12-18(13-11-17)20(22)24-15-16(3)5-2/h10-13,16H,4-9,14-15H2,1-3H3. The largest absolute Gasteiger partial charge is 0.462 e. The number of esters is 2. The molecule has 0 aromatic heterocycles. The third-order valence-corrected chi connectivity index (χ3v) is 4.03. The van der Waals surface area contributed by atoms with Crippen LogP contribution in [0.25, 0.3) is 0 Å². The summed E-state index contributed by atoms with van der Waals surface area (Å²) in [7, 11) is 0. The van der Waals surface area contributed by atoms with E-state index in [0.29, 0.717) is 30.3 Å². The number of carbonyl (C=O) groups is 2. The molecule has 1 aromatic rings. The number of carbonyl (C=O) groups excluding carboxylic acids is 2. The van der Waals surface area contributed by atoms with Crippen LogP contribution in [0.15, 0.2) is 24.3 Å². The van der Waals surface area contributed by atoms with Crippen molar-refractivity contribution < 1.29 is 19.1 Å². The van der Waals surface area contributed by atoms with Crippen LogP contribution in [0.3, 0.4) is 0 Å². The van der Waals surface area contributed by atoms with Gasteiger partial charge in [-0.3, -0.25) is 0 Å². The second-order valence-electron chi connectivity index (χ2n) is 6.24. The van der Waals surface area contributed by atoms with Crippen molar-refractivity contribution >= 4 is 11.9 Å². The van der Waals surface area contributed by atoms with Gasteiger partial charge in [-0.1, -0.05) is 52.9 Å². The Hall–Kier alpha value is -1.84. The molecule has 4 heteroatoms. The Morgan fingerprint density at radius 2 is 1.42 bits per heavy atom. The molecule has 0 N–H and O–H groups in total. The van der Waals surface area contributed by atoms with Gasteiger partial charge in [0, 0.05) is 0 Å². The van der Waals surface area contributed by atoms with Crippen LogP contribution in [0, 0.1) is 5.92 Å². The van der Waals surface area contributed by atoms with Gasteiger partial charge in [-0.05, 0) is 36.6 Å². The monoisotopic (exact) mass is 334 g/mol. The van der Waals surface area contributed by atoms with Gasteiger partial charge in [0.05, 0.1) is 24.3 Å². The number of ether oxygens (including phenoxy) is 2. The number of hydrogen-bond acceptors (Lipinski definition) is 4. The van der Waals surface area contributed by atoms with Crippen molar-refractivity contribution in [1.82, 2.24) is 0 Å². The molecule has 1 unspecified atom stereocenters. The molecule has 24 heavy (non-hydrogen) atoms. The molecule has 0 radical (unpaired) electrons. The molecular formula is C20H30O4. The van der Waals surface area contributed by atoms with Gasteiger partial charge in [-0.2, -0.15) is 0 Å². The van der Waals surface area contributed by atoms with Crippen molar-refractivity contribution in [1.29, 1.82) is 0 Å². The molecule has 0 aliphatic heterocycles. The fraction of sp³-hybridized carbons (Fsp3) is 0.600. The first kappa shape index (κ1) is 20.2. The highest BCUT2D eigenvalue weighted by molar-refractivity contribution is 5.93. The van der Waals surface area contributed by atoms with Crippen LogP contribution in [0.4, 0.5) is 0 Å². The fourth-order valence-electron chi connectivity index (χ4n) is 2.12. The summed E-state index contributed by atoms with van der Waals surface area (Å²) in [5.74, 6) is -0.350. The molecule has 0 saturated heterocycles. The molecule has 0 heterocycles. The molecule has 0 aliphatic carbocycles. The van der Waals surface area contributed by atoms with Crippen molar-refractivity contribution in [3.63, 3.8) is 0 Å². The van der Waals surface area contributed by atoms with Crippen LogP contribution in [0.5, 0.6) is 0 Å². The van der Waals surface area contributed by atoms with E-state index in [1.807, 2.05) is 6.92 Å². The lowest BCUT2D eigenvalue weighted by atomic mass is 10.1. The van der Waals surface area contributed by atoms with E-state index in [2.05, 4.69) is 13.8 Å². The zero-order valence-electron chi connectivity index (χ0n) is 15.2. The van der Waals surface area contributed by atoms with Crippen LogP contribution >= 0.6 is 0 Å². The minimum Gasteiger partial charge on any atom is -0.462 e. The highest BCUT2D eigenvalue weighted by Gasteiger charge is 2.11. The lowest BCUT2D eigenvalue weighted by Crippen LogP contribution is -2.12. The molecule has 134 valence electrons. The number of hydrogen-bond donors (Lipinski definition) is 0. The highest BCUT2D eigenvalue weighted by Crippen LogP contribution is 2.10. The van der Waals surface area contributed by atoms with Gasteiger partial charge < -0.3 is 9.47 Å². The molecule has 1 aromatic carbocycles. The molecule has 0 saturated carbocycles. The highest BCUT2D eigenvalue weighted by atomic mass is 16.5. The van der Waals surface area contributed by atoms with Gasteiger partial charge in [0.2, 0.25) is 0 Å². The van der Waals surface area contributed by atoms with Gasteiger partial charge >= 0.3 is 11.9 Å². The maximum Gasteiger partial charge on any atom is 0.338 e. The van der Waals surface area contributed by atoms with Gasteiger partial charge in [0.1, 0.15) is 0 Å². The molecule has 0 fully saturated rings. The summed E-state index contributed by atoms with van der Waals surface area (Å²) >= 11 is 0. The smallest absolute Gasteiger partial charge is 0.338 e. The van der Waals surface area contributed by atoms with Crippen molar-refractivity contribution in [3.8, 4) is 0 Å². The van der Waals surface area contributed by atoms with E-state index in [9.17, 15) is 9.59 Å². The van der Waals surface area contributed by atoms with E-state index in [4.69, 9.17) is 9.47 Å². The Bertz CT molecular complexity index is 493. The summed E-state index contributed by atoms with van der Waals surface area (Å²) in [6, 6.07) is 6.44. The van der Waals surface area contributed by atoms with E-state index in [0.717, 1.165) is 19.3 Å². The number of rotatable bonds is 11. The van der Waals surface area contributed by atoms with Gasteiger partial charge in [-0.15, -0.1) is 0 Å². The minimum absolute atomic E-state index is 0.343. The van der Waals surface area contributed by atoms with Crippen LogP contribution in [0.2, 0.25) is 0 Å². The van der Waals surface area contributed by atoms with Crippen LogP contribution in [-0.2, 0) is 9.47 Å².